The minimum atomic E-state index is -0.392. The van der Waals surface area contributed by atoms with Gasteiger partial charge in [0.25, 0.3) is 5.91 Å². The monoisotopic (exact) mass is 293 g/mol. The third-order valence-corrected chi connectivity index (χ3v) is 5.66. The third kappa shape index (κ3) is 2.39. The summed E-state index contributed by atoms with van der Waals surface area (Å²) in [4.78, 5) is 14.5. The molecule has 0 bridgehead atoms. The fourth-order valence-electron chi connectivity index (χ4n) is 3.23. The van der Waals surface area contributed by atoms with Crippen LogP contribution < -0.4 is 16.4 Å². The van der Waals surface area contributed by atoms with Gasteiger partial charge in [-0.05, 0) is 37.0 Å². The van der Waals surface area contributed by atoms with Gasteiger partial charge < -0.3 is 16.4 Å². The van der Waals surface area contributed by atoms with Crippen LogP contribution in [0.15, 0.2) is 0 Å². The Bertz CT molecular complexity index is 546. The lowest BCUT2D eigenvalue weighted by molar-refractivity contribution is 0.100. The van der Waals surface area contributed by atoms with Crippen molar-refractivity contribution < 1.29 is 4.79 Å². The minimum Gasteiger partial charge on any atom is -0.397 e. The van der Waals surface area contributed by atoms with E-state index in [4.69, 9.17) is 11.5 Å². The van der Waals surface area contributed by atoms with Gasteiger partial charge in [0.05, 0.1) is 10.7 Å². The molecular formula is C15H23N3OS. The number of hydrogen-bond donors (Lipinski definition) is 2. The van der Waals surface area contributed by atoms with Crippen molar-refractivity contribution in [1.82, 2.24) is 0 Å². The number of anilines is 2. The highest BCUT2D eigenvalue weighted by molar-refractivity contribution is 7.18. The van der Waals surface area contributed by atoms with Crippen LogP contribution in [0, 0.1) is 5.41 Å². The number of carbonyl (C=O) groups excluding carboxylic acids is 1. The first-order valence-electron chi connectivity index (χ1n) is 7.36. The Kier molecular flexibility index (Phi) is 3.20. The van der Waals surface area contributed by atoms with Gasteiger partial charge in [-0.2, -0.15) is 0 Å². The van der Waals surface area contributed by atoms with Crippen molar-refractivity contribution >= 4 is 27.9 Å². The van der Waals surface area contributed by atoms with Crippen LogP contribution in [0.3, 0.4) is 0 Å². The SMILES string of the molecule is CC1(C)CCCN(c2sc(C(N)=O)c(N)c2C2CC2)C1. The van der Waals surface area contributed by atoms with E-state index >= 15 is 0 Å². The molecule has 2 heterocycles. The molecular weight excluding hydrogens is 270 g/mol. The maximum Gasteiger partial charge on any atom is 0.260 e. The van der Waals surface area contributed by atoms with E-state index in [1.54, 1.807) is 0 Å². The number of piperidine rings is 1. The number of carbonyl (C=O) groups is 1. The smallest absolute Gasteiger partial charge is 0.260 e. The van der Waals surface area contributed by atoms with Crippen LogP contribution in [0.4, 0.5) is 10.7 Å². The van der Waals surface area contributed by atoms with E-state index < -0.39 is 5.91 Å². The first-order chi connectivity index (χ1) is 9.39. The summed E-state index contributed by atoms with van der Waals surface area (Å²) >= 11 is 1.50. The number of nitrogen functional groups attached to an aromatic ring is 1. The normalized spacial score (nSPS) is 22.0. The van der Waals surface area contributed by atoms with E-state index in [2.05, 4.69) is 18.7 Å². The number of nitrogens with zero attached hydrogens (tertiary/aromatic N) is 1. The van der Waals surface area contributed by atoms with Gasteiger partial charge >= 0.3 is 0 Å². The Morgan fingerprint density at radius 3 is 2.65 bits per heavy atom. The quantitative estimate of drug-likeness (QED) is 0.900. The molecule has 0 unspecified atom stereocenters. The van der Waals surface area contributed by atoms with Crippen molar-refractivity contribution in [2.24, 2.45) is 11.1 Å². The summed E-state index contributed by atoms with van der Waals surface area (Å²) in [5.74, 6) is 0.149. The summed E-state index contributed by atoms with van der Waals surface area (Å²) in [7, 11) is 0. The highest BCUT2D eigenvalue weighted by atomic mass is 32.1. The molecule has 0 spiro atoms. The lowest BCUT2D eigenvalue weighted by atomic mass is 9.84. The fourth-order valence-corrected chi connectivity index (χ4v) is 4.41. The molecule has 1 saturated heterocycles. The van der Waals surface area contributed by atoms with Gasteiger partial charge in [0, 0.05) is 18.7 Å². The summed E-state index contributed by atoms with van der Waals surface area (Å²) in [6, 6.07) is 0. The molecule has 5 heteroatoms. The van der Waals surface area contributed by atoms with E-state index in [9.17, 15) is 4.79 Å². The van der Waals surface area contributed by atoms with Gasteiger partial charge in [-0.3, -0.25) is 4.79 Å². The second kappa shape index (κ2) is 4.65. The van der Waals surface area contributed by atoms with Crippen LogP contribution in [-0.4, -0.2) is 19.0 Å². The predicted molar refractivity (Wildman–Crippen MR) is 84.5 cm³/mol. The van der Waals surface area contributed by atoms with Crippen LogP contribution in [0.25, 0.3) is 0 Å². The second-order valence-corrected chi connectivity index (χ2v) is 7.89. The number of rotatable bonds is 3. The molecule has 4 N–H and O–H groups in total. The zero-order valence-electron chi connectivity index (χ0n) is 12.2. The Labute approximate surface area is 124 Å². The summed E-state index contributed by atoms with van der Waals surface area (Å²) in [5.41, 5.74) is 13.8. The van der Waals surface area contributed by atoms with E-state index in [0.717, 1.165) is 13.1 Å². The fraction of sp³-hybridized carbons (Fsp3) is 0.667. The van der Waals surface area contributed by atoms with Gasteiger partial charge in [-0.25, -0.2) is 0 Å². The molecule has 3 rings (SSSR count). The average molecular weight is 293 g/mol. The highest BCUT2D eigenvalue weighted by Crippen LogP contribution is 2.52. The molecule has 1 amide bonds. The van der Waals surface area contributed by atoms with Gasteiger partial charge in [-0.15, -0.1) is 11.3 Å². The molecule has 0 aromatic carbocycles. The molecule has 0 atom stereocenters. The van der Waals surface area contributed by atoms with Gasteiger partial charge in [-0.1, -0.05) is 13.8 Å². The zero-order valence-corrected chi connectivity index (χ0v) is 13.1. The summed E-state index contributed by atoms with van der Waals surface area (Å²) in [6.07, 6.45) is 4.82. The first-order valence-corrected chi connectivity index (χ1v) is 8.17. The minimum absolute atomic E-state index is 0.324. The molecule has 1 saturated carbocycles. The lowest BCUT2D eigenvalue weighted by Gasteiger charge is -2.39. The van der Waals surface area contributed by atoms with Crippen molar-refractivity contribution in [1.29, 1.82) is 0 Å². The van der Waals surface area contributed by atoms with Crippen LogP contribution >= 0.6 is 11.3 Å². The average Bonchev–Trinajstić information content (AvgIpc) is 3.11. The van der Waals surface area contributed by atoms with Gasteiger partial charge in [0.15, 0.2) is 0 Å². The van der Waals surface area contributed by atoms with E-state index in [-0.39, 0.29) is 0 Å². The lowest BCUT2D eigenvalue weighted by Crippen LogP contribution is -2.40. The molecule has 1 aliphatic heterocycles. The van der Waals surface area contributed by atoms with E-state index in [0.29, 0.717) is 21.9 Å². The summed E-state index contributed by atoms with van der Waals surface area (Å²) < 4.78 is 0. The second-order valence-electron chi connectivity index (χ2n) is 6.89. The van der Waals surface area contributed by atoms with Crippen molar-refractivity contribution in [3.8, 4) is 0 Å². The third-order valence-electron chi connectivity index (χ3n) is 4.36. The number of nitrogens with two attached hydrogens (primary N) is 2. The van der Waals surface area contributed by atoms with Crippen LogP contribution in [0.5, 0.6) is 0 Å². The van der Waals surface area contributed by atoms with E-state index in [1.807, 2.05) is 0 Å². The molecule has 4 nitrogen and oxygen atoms in total. The Morgan fingerprint density at radius 1 is 1.40 bits per heavy atom. The molecule has 2 fully saturated rings. The largest absolute Gasteiger partial charge is 0.397 e. The maximum absolute atomic E-state index is 11.6. The summed E-state index contributed by atoms with van der Waals surface area (Å²) in [6.45, 7) is 6.70. The highest BCUT2D eigenvalue weighted by Gasteiger charge is 2.36. The zero-order chi connectivity index (χ0) is 14.5. The topological polar surface area (TPSA) is 72.3 Å². The molecule has 0 radical (unpaired) electrons. The van der Waals surface area contributed by atoms with Crippen molar-refractivity contribution in [3.05, 3.63) is 10.4 Å². The Balaban J connectivity index is 1.99. The van der Waals surface area contributed by atoms with Crippen LogP contribution in [0.1, 0.15) is 60.7 Å². The maximum atomic E-state index is 11.6. The number of amides is 1. The van der Waals surface area contributed by atoms with Gasteiger partial charge in [0.2, 0.25) is 0 Å². The molecule has 1 aromatic rings. The Morgan fingerprint density at radius 2 is 2.10 bits per heavy atom. The molecule has 20 heavy (non-hydrogen) atoms. The van der Waals surface area contributed by atoms with Crippen LogP contribution in [0.2, 0.25) is 0 Å². The summed E-state index contributed by atoms with van der Waals surface area (Å²) in [5, 5.41) is 1.20. The predicted octanol–water partition coefficient (Wildman–Crippen LogP) is 2.93. The van der Waals surface area contributed by atoms with Crippen LogP contribution in [-0.2, 0) is 0 Å². The molecule has 2 aliphatic rings. The van der Waals surface area contributed by atoms with Crippen molar-refractivity contribution in [2.45, 2.75) is 45.4 Å². The number of primary amides is 1. The number of thiophene rings is 1. The molecule has 1 aliphatic carbocycles. The van der Waals surface area contributed by atoms with Crippen molar-refractivity contribution in [3.63, 3.8) is 0 Å². The molecule has 1 aromatic heterocycles. The Hall–Kier alpha value is -1.23. The van der Waals surface area contributed by atoms with Crippen molar-refractivity contribution in [2.75, 3.05) is 23.7 Å². The number of hydrogen-bond acceptors (Lipinski definition) is 4. The standard InChI is InChI=1S/C15H23N3OS/c1-15(2)6-3-7-18(8-15)14-10(9-4-5-9)11(16)12(20-14)13(17)19/h9H,3-8,16H2,1-2H3,(H2,17,19). The molecule has 110 valence electrons. The first kappa shape index (κ1) is 13.7. The van der Waals surface area contributed by atoms with Gasteiger partial charge in [0.1, 0.15) is 4.88 Å². The van der Waals surface area contributed by atoms with E-state index in [1.165, 1.54) is 47.6 Å².